The fourth-order valence-electron chi connectivity index (χ4n) is 2.21. The van der Waals surface area contributed by atoms with Crippen molar-refractivity contribution >= 4 is 5.82 Å². The number of nitrogens with zero attached hydrogens (tertiary/aromatic N) is 3. The van der Waals surface area contributed by atoms with Crippen molar-refractivity contribution in [2.75, 3.05) is 18.0 Å². The summed E-state index contributed by atoms with van der Waals surface area (Å²) in [6, 6.07) is 12.5. The Morgan fingerprint density at radius 2 is 1.90 bits per heavy atom. The zero-order chi connectivity index (χ0) is 15.1. The summed E-state index contributed by atoms with van der Waals surface area (Å²) >= 11 is 0. The topological polar surface area (TPSA) is 55.0 Å². The molecule has 1 aromatic carbocycles. The second-order valence-corrected chi connectivity index (χ2v) is 5.51. The standard InChI is InChI=1S/C17H24N4/c1-14(2)16-11-17(20-13-19-16)21(10-6-9-18)12-15-7-4-3-5-8-15/h3-5,7-8,11,13-14H,6,9-10,12,18H2,1-2H3. The van der Waals surface area contributed by atoms with E-state index in [9.17, 15) is 0 Å². The Hall–Kier alpha value is -1.94. The lowest BCUT2D eigenvalue weighted by molar-refractivity contribution is 0.718. The summed E-state index contributed by atoms with van der Waals surface area (Å²) in [5.74, 6) is 1.38. The van der Waals surface area contributed by atoms with E-state index in [4.69, 9.17) is 5.73 Å². The highest BCUT2D eigenvalue weighted by Gasteiger charge is 2.11. The highest BCUT2D eigenvalue weighted by atomic mass is 15.2. The molecule has 2 rings (SSSR count). The maximum atomic E-state index is 5.67. The first kappa shape index (κ1) is 15.4. The quantitative estimate of drug-likeness (QED) is 0.849. The first-order valence-corrected chi connectivity index (χ1v) is 7.51. The third-order valence-corrected chi connectivity index (χ3v) is 3.44. The van der Waals surface area contributed by atoms with Crippen LogP contribution in [-0.2, 0) is 6.54 Å². The number of nitrogens with two attached hydrogens (primary N) is 1. The molecular weight excluding hydrogens is 260 g/mol. The third-order valence-electron chi connectivity index (χ3n) is 3.44. The summed E-state index contributed by atoms with van der Waals surface area (Å²) in [4.78, 5) is 11.1. The van der Waals surface area contributed by atoms with Gasteiger partial charge in [-0.25, -0.2) is 9.97 Å². The summed E-state index contributed by atoms with van der Waals surface area (Å²) in [5.41, 5.74) is 8.02. The minimum absolute atomic E-state index is 0.403. The van der Waals surface area contributed by atoms with Crippen molar-refractivity contribution in [1.29, 1.82) is 0 Å². The van der Waals surface area contributed by atoms with Crippen LogP contribution in [-0.4, -0.2) is 23.1 Å². The number of benzene rings is 1. The van der Waals surface area contributed by atoms with Crippen LogP contribution in [0.25, 0.3) is 0 Å². The fraction of sp³-hybridized carbons (Fsp3) is 0.412. The van der Waals surface area contributed by atoms with Crippen molar-refractivity contribution in [3.63, 3.8) is 0 Å². The molecule has 4 heteroatoms. The fourth-order valence-corrected chi connectivity index (χ4v) is 2.21. The average Bonchev–Trinajstić information content (AvgIpc) is 2.52. The molecule has 2 N–H and O–H groups in total. The van der Waals surface area contributed by atoms with Gasteiger partial charge in [-0.2, -0.15) is 0 Å². The highest BCUT2D eigenvalue weighted by molar-refractivity contribution is 5.40. The molecule has 0 unspecified atom stereocenters. The van der Waals surface area contributed by atoms with Crippen LogP contribution >= 0.6 is 0 Å². The molecular formula is C17H24N4. The van der Waals surface area contributed by atoms with E-state index < -0.39 is 0 Å². The van der Waals surface area contributed by atoms with Crippen molar-refractivity contribution in [3.05, 3.63) is 54.0 Å². The summed E-state index contributed by atoms with van der Waals surface area (Å²) in [5, 5.41) is 0. The normalized spacial score (nSPS) is 10.9. The summed E-state index contributed by atoms with van der Waals surface area (Å²) in [6.07, 6.45) is 2.61. The Bertz CT molecular complexity index is 539. The maximum Gasteiger partial charge on any atom is 0.132 e. The zero-order valence-electron chi connectivity index (χ0n) is 12.9. The van der Waals surface area contributed by atoms with Gasteiger partial charge in [0.2, 0.25) is 0 Å². The molecule has 0 bridgehead atoms. The van der Waals surface area contributed by atoms with Gasteiger partial charge in [-0.1, -0.05) is 44.2 Å². The van der Waals surface area contributed by atoms with Crippen molar-refractivity contribution in [2.45, 2.75) is 32.7 Å². The van der Waals surface area contributed by atoms with E-state index in [0.717, 1.165) is 31.0 Å². The number of rotatable bonds is 7. The molecule has 0 amide bonds. The molecule has 4 nitrogen and oxygen atoms in total. The van der Waals surface area contributed by atoms with Gasteiger partial charge >= 0.3 is 0 Å². The molecule has 1 heterocycles. The van der Waals surface area contributed by atoms with Crippen LogP contribution < -0.4 is 10.6 Å². The lowest BCUT2D eigenvalue weighted by Crippen LogP contribution is -2.26. The van der Waals surface area contributed by atoms with Crippen LogP contribution in [0.4, 0.5) is 5.82 Å². The predicted octanol–water partition coefficient (Wildman–Crippen LogP) is 2.96. The Kier molecular flexibility index (Phi) is 5.69. The molecule has 2 aromatic rings. The van der Waals surface area contributed by atoms with Crippen LogP contribution in [0.2, 0.25) is 0 Å². The molecule has 112 valence electrons. The Morgan fingerprint density at radius 3 is 2.57 bits per heavy atom. The number of hydrogen-bond acceptors (Lipinski definition) is 4. The Morgan fingerprint density at radius 1 is 1.14 bits per heavy atom. The Balaban J connectivity index is 2.20. The molecule has 0 saturated heterocycles. The van der Waals surface area contributed by atoms with E-state index in [0.29, 0.717) is 12.5 Å². The van der Waals surface area contributed by atoms with E-state index in [2.05, 4.69) is 59.0 Å². The minimum atomic E-state index is 0.403. The van der Waals surface area contributed by atoms with Crippen LogP contribution in [0.5, 0.6) is 0 Å². The predicted molar refractivity (Wildman–Crippen MR) is 87.3 cm³/mol. The summed E-state index contributed by atoms with van der Waals surface area (Å²) < 4.78 is 0. The molecule has 0 aliphatic carbocycles. The first-order valence-electron chi connectivity index (χ1n) is 7.51. The van der Waals surface area contributed by atoms with Gasteiger partial charge in [0, 0.05) is 24.8 Å². The molecule has 21 heavy (non-hydrogen) atoms. The van der Waals surface area contributed by atoms with E-state index in [1.807, 2.05) is 6.07 Å². The van der Waals surface area contributed by atoms with Crippen molar-refractivity contribution in [3.8, 4) is 0 Å². The second-order valence-electron chi connectivity index (χ2n) is 5.51. The average molecular weight is 284 g/mol. The molecule has 0 aliphatic heterocycles. The number of aromatic nitrogens is 2. The van der Waals surface area contributed by atoms with Gasteiger partial charge in [0.25, 0.3) is 0 Å². The lowest BCUT2D eigenvalue weighted by atomic mass is 10.1. The van der Waals surface area contributed by atoms with Gasteiger partial charge in [0.05, 0.1) is 0 Å². The van der Waals surface area contributed by atoms with Crippen molar-refractivity contribution < 1.29 is 0 Å². The third kappa shape index (κ3) is 4.53. The molecule has 0 atom stereocenters. The minimum Gasteiger partial charge on any atom is -0.352 e. The SMILES string of the molecule is CC(C)c1cc(N(CCCN)Cc2ccccc2)ncn1. The van der Waals surface area contributed by atoms with Gasteiger partial charge in [0.15, 0.2) is 0 Å². The first-order chi connectivity index (χ1) is 10.2. The monoisotopic (exact) mass is 284 g/mol. The molecule has 0 spiro atoms. The van der Waals surface area contributed by atoms with Crippen LogP contribution in [0, 0.1) is 0 Å². The molecule has 1 aromatic heterocycles. The molecule has 0 fully saturated rings. The van der Waals surface area contributed by atoms with Crippen LogP contribution in [0.3, 0.4) is 0 Å². The van der Waals surface area contributed by atoms with Crippen LogP contribution in [0.1, 0.15) is 37.4 Å². The summed E-state index contributed by atoms with van der Waals surface area (Å²) in [6.45, 7) is 6.73. The van der Waals surface area contributed by atoms with E-state index in [-0.39, 0.29) is 0 Å². The summed E-state index contributed by atoms with van der Waals surface area (Å²) in [7, 11) is 0. The maximum absolute atomic E-state index is 5.67. The zero-order valence-corrected chi connectivity index (χ0v) is 12.9. The largest absolute Gasteiger partial charge is 0.352 e. The van der Waals surface area contributed by atoms with E-state index >= 15 is 0 Å². The van der Waals surface area contributed by atoms with Crippen LogP contribution in [0.15, 0.2) is 42.7 Å². The van der Waals surface area contributed by atoms with Crippen molar-refractivity contribution in [1.82, 2.24) is 9.97 Å². The number of anilines is 1. The smallest absolute Gasteiger partial charge is 0.132 e. The molecule has 0 aliphatic rings. The molecule has 0 radical (unpaired) electrons. The van der Waals surface area contributed by atoms with Gasteiger partial charge in [-0.15, -0.1) is 0 Å². The van der Waals surface area contributed by atoms with Gasteiger partial charge in [-0.05, 0) is 24.4 Å². The van der Waals surface area contributed by atoms with Gasteiger partial charge < -0.3 is 10.6 Å². The van der Waals surface area contributed by atoms with Crippen molar-refractivity contribution in [2.24, 2.45) is 5.73 Å². The molecule has 0 saturated carbocycles. The lowest BCUT2D eigenvalue weighted by Gasteiger charge is -2.24. The second kappa shape index (κ2) is 7.74. The van der Waals surface area contributed by atoms with Gasteiger partial charge in [0.1, 0.15) is 12.1 Å². The highest BCUT2D eigenvalue weighted by Crippen LogP contribution is 2.19. The van der Waals surface area contributed by atoms with E-state index in [1.54, 1.807) is 6.33 Å². The Labute approximate surface area is 127 Å². The number of hydrogen-bond donors (Lipinski definition) is 1. The van der Waals surface area contributed by atoms with Gasteiger partial charge in [-0.3, -0.25) is 0 Å². The van der Waals surface area contributed by atoms with E-state index in [1.165, 1.54) is 5.56 Å².